The Morgan fingerprint density at radius 3 is 2.83 bits per heavy atom. The van der Waals surface area contributed by atoms with Crippen LogP contribution in [0.25, 0.3) is 16.9 Å². The van der Waals surface area contributed by atoms with Crippen LogP contribution in [0.4, 0.5) is 4.39 Å². The fraction of sp³-hybridized carbons (Fsp3) is 0.417. The number of carbonyl (C=O) groups is 1. The maximum atomic E-state index is 13.8. The first kappa shape index (κ1) is 20.5. The van der Waals surface area contributed by atoms with Gasteiger partial charge in [-0.25, -0.2) is 9.37 Å². The Morgan fingerprint density at radius 1 is 1.23 bits per heavy atom. The molecule has 5 nitrogen and oxygen atoms in total. The monoisotopic (exact) mass is 409 g/mol. The van der Waals surface area contributed by atoms with Crippen molar-refractivity contribution in [3.05, 3.63) is 59.2 Å². The molecular weight excluding hydrogens is 381 g/mol. The molecule has 4 rings (SSSR count). The molecule has 1 unspecified atom stereocenters. The van der Waals surface area contributed by atoms with Crippen molar-refractivity contribution in [2.24, 2.45) is 0 Å². The summed E-state index contributed by atoms with van der Waals surface area (Å²) in [6.07, 6.45) is 5.84. The first-order chi connectivity index (χ1) is 14.5. The van der Waals surface area contributed by atoms with Crippen molar-refractivity contribution >= 4 is 11.6 Å². The molecule has 0 saturated carbocycles. The second-order valence-corrected chi connectivity index (χ2v) is 8.23. The van der Waals surface area contributed by atoms with Gasteiger partial charge in [0.05, 0.1) is 17.8 Å². The van der Waals surface area contributed by atoms with Gasteiger partial charge in [-0.1, -0.05) is 6.07 Å². The van der Waals surface area contributed by atoms with Gasteiger partial charge < -0.3 is 14.4 Å². The zero-order valence-electron chi connectivity index (χ0n) is 17.6. The van der Waals surface area contributed by atoms with Crippen LogP contribution in [0.15, 0.2) is 36.5 Å². The standard InChI is InChI=1S/C24H28FN3O2/c1-16-6-9-22-26-24(18-7-8-20(25)17(2)13-18)21(28(22)15-16)14-23(30)27-11-4-3-5-19(27)10-12-29/h6-9,13,15,19,29H,3-5,10-12,14H2,1-2H3. The molecule has 1 fully saturated rings. The van der Waals surface area contributed by atoms with Gasteiger partial charge in [-0.15, -0.1) is 0 Å². The molecule has 1 amide bonds. The molecule has 1 aliphatic heterocycles. The van der Waals surface area contributed by atoms with Crippen LogP contribution in [-0.4, -0.2) is 44.5 Å². The van der Waals surface area contributed by atoms with E-state index in [1.165, 1.54) is 6.07 Å². The summed E-state index contributed by atoms with van der Waals surface area (Å²) in [5, 5.41) is 9.41. The number of hydrogen-bond acceptors (Lipinski definition) is 3. The number of aliphatic hydroxyl groups is 1. The Kier molecular flexibility index (Phi) is 5.86. The number of nitrogens with zero attached hydrogens (tertiary/aromatic N) is 3. The van der Waals surface area contributed by atoms with E-state index in [1.54, 1.807) is 19.1 Å². The maximum Gasteiger partial charge on any atom is 0.228 e. The lowest BCUT2D eigenvalue weighted by molar-refractivity contribution is -0.134. The Hall–Kier alpha value is -2.73. The molecule has 158 valence electrons. The minimum absolute atomic E-state index is 0.0524. The number of halogens is 1. The van der Waals surface area contributed by atoms with Crippen molar-refractivity contribution in [3.8, 4) is 11.3 Å². The summed E-state index contributed by atoms with van der Waals surface area (Å²) in [4.78, 5) is 20.0. The number of carbonyl (C=O) groups excluding carboxylic acids is 1. The molecule has 1 aliphatic rings. The lowest BCUT2D eigenvalue weighted by atomic mass is 9.98. The van der Waals surface area contributed by atoms with Crippen molar-refractivity contribution in [2.75, 3.05) is 13.2 Å². The first-order valence-electron chi connectivity index (χ1n) is 10.6. The Morgan fingerprint density at radius 2 is 2.07 bits per heavy atom. The van der Waals surface area contributed by atoms with Crippen LogP contribution in [0.3, 0.4) is 0 Å². The summed E-state index contributed by atoms with van der Waals surface area (Å²) in [7, 11) is 0. The second-order valence-electron chi connectivity index (χ2n) is 8.23. The van der Waals surface area contributed by atoms with Crippen molar-refractivity contribution in [2.45, 2.75) is 52.0 Å². The van der Waals surface area contributed by atoms with Crippen LogP contribution in [0.1, 0.15) is 42.5 Å². The SMILES string of the molecule is Cc1ccc2nc(-c3ccc(F)c(C)c3)c(CC(=O)N3CCCCC3CCO)n2c1. The van der Waals surface area contributed by atoms with E-state index in [-0.39, 0.29) is 30.8 Å². The highest BCUT2D eigenvalue weighted by molar-refractivity contribution is 5.82. The largest absolute Gasteiger partial charge is 0.396 e. The molecule has 6 heteroatoms. The van der Waals surface area contributed by atoms with Gasteiger partial charge in [0.1, 0.15) is 11.5 Å². The lowest BCUT2D eigenvalue weighted by Gasteiger charge is -2.35. The van der Waals surface area contributed by atoms with Crippen molar-refractivity contribution in [1.29, 1.82) is 0 Å². The minimum atomic E-state index is -0.254. The van der Waals surface area contributed by atoms with Gasteiger partial charge >= 0.3 is 0 Å². The van der Waals surface area contributed by atoms with Gasteiger partial charge in [0.2, 0.25) is 5.91 Å². The van der Waals surface area contributed by atoms with Gasteiger partial charge in [0.25, 0.3) is 0 Å². The van der Waals surface area contributed by atoms with E-state index in [2.05, 4.69) is 0 Å². The average Bonchev–Trinajstić information content (AvgIpc) is 3.08. The molecule has 1 atom stereocenters. The molecular formula is C24H28FN3O2. The second kappa shape index (κ2) is 8.56. The Balaban J connectivity index is 1.75. The molecule has 30 heavy (non-hydrogen) atoms. The van der Waals surface area contributed by atoms with Crippen molar-refractivity contribution in [3.63, 3.8) is 0 Å². The predicted octanol–water partition coefficient (Wildman–Crippen LogP) is 4.06. The van der Waals surface area contributed by atoms with Gasteiger partial charge in [-0.2, -0.15) is 0 Å². The van der Waals surface area contributed by atoms with Crippen molar-refractivity contribution in [1.82, 2.24) is 14.3 Å². The third-order valence-corrected chi connectivity index (χ3v) is 6.03. The van der Waals surface area contributed by atoms with E-state index in [9.17, 15) is 14.3 Å². The van der Waals surface area contributed by atoms with Crippen LogP contribution >= 0.6 is 0 Å². The molecule has 1 saturated heterocycles. The summed E-state index contributed by atoms with van der Waals surface area (Å²) >= 11 is 0. The van der Waals surface area contributed by atoms with Gasteiger partial charge in [0.15, 0.2) is 0 Å². The van der Waals surface area contributed by atoms with Crippen LogP contribution in [0.5, 0.6) is 0 Å². The highest BCUT2D eigenvalue weighted by Gasteiger charge is 2.28. The highest BCUT2D eigenvalue weighted by Crippen LogP contribution is 2.28. The number of imidazole rings is 1. The van der Waals surface area contributed by atoms with Crippen LogP contribution in [-0.2, 0) is 11.2 Å². The normalized spacial score (nSPS) is 16.9. The van der Waals surface area contributed by atoms with Crippen molar-refractivity contribution < 1.29 is 14.3 Å². The Labute approximate surface area is 176 Å². The third-order valence-electron chi connectivity index (χ3n) is 6.03. The average molecular weight is 410 g/mol. The summed E-state index contributed by atoms with van der Waals surface area (Å²) in [6.45, 7) is 4.55. The predicted molar refractivity (Wildman–Crippen MR) is 115 cm³/mol. The molecule has 0 spiro atoms. The third kappa shape index (κ3) is 3.97. The van der Waals surface area contributed by atoms with Crippen LogP contribution < -0.4 is 0 Å². The number of aryl methyl sites for hydroxylation is 2. The zero-order chi connectivity index (χ0) is 21.3. The molecule has 3 aromatic rings. The molecule has 1 N–H and O–H groups in total. The number of aromatic nitrogens is 2. The topological polar surface area (TPSA) is 57.8 Å². The smallest absolute Gasteiger partial charge is 0.228 e. The number of benzene rings is 1. The first-order valence-corrected chi connectivity index (χ1v) is 10.6. The highest BCUT2D eigenvalue weighted by atomic mass is 19.1. The zero-order valence-corrected chi connectivity index (χ0v) is 17.6. The molecule has 0 radical (unpaired) electrons. The summed E-state index contributed by atoms with van der Waals surface area (Å²) < 4.78 is 15.8. The van der Waals surface area contributed by atoms with Gasteiger partial charge in [-0.3, -0.25) is 4.79 Å². The maximum absolute atomic E-state index is 13.8. The molecule has 3 heterocycles. The van der Waals surface area contributed by atoms with Crippen LogP contribution in [0.2, 0.25) is 0 Å². The molecule has 0 aliphatic carbocycles. The summed E-state index contributed by atoms with van der Waals surface area (Å²) in [6, 6.07) is 8.99. The van der Waals surface area contributed by atoms with E-state index in [0.717, 1.165) is 48.3 Å². The van der Waals surface area contributed by atoms with Gasteiger partial charge in [-0.05, 0) is 74.9 Å². The number of rotatable bonds is 5. The number of piperidine rings is 1. The molecule has 2 aromatic heterocycles. The fourth-order valence-electron chi connectivity index (χ4n) is 4.41. The number of pyridine rings is 1. The van der Waals surface area contributed by atoms with E-state index in [0.29, 0.717) is 17.7 Å². The molecule has 0 bridgehead atoms. The number of likely N-dealkylation sites (tertiary alicyclic amines) is 1. The minimum Gasteiger partial charge on any atom is -0.396 e. The van der Waals surface area contributed by atoms with Crippen LogP contribution in [0, 0.1) is 19.7 Å². The molecule has 1 aromatic carbocycles. The number of amides is 1. The fourth-order valence-corrected chi connectivity index (χ4v) is 4.41. The van der Waals surface area contributed by atoms with E-state index in [1.807, 2.05) is 34.6 Å². The number of aliphatic hydroxyl groups excluding tert-OH is 1. The number of fused-ring (bicyclic) bond motifs is 1. The van der Waals surface area contributed by atoms with E-state index in [4.69, 9.17) is 4.98 Å². The van der Waals surface area contributed by atoms with E-state index >= 15 is 0 Å². The number of hydrogen-bond donors (Lipinski definition) is 1. The summed E-state index contributed by atoms with van der Waals surface area (Å²) in [5.41, 5.74) is 4.74. The van der Waals surface area contributed by atoms with Gasteiger partial charge in [0, 0.05) is 31.0 Å². The summed E-state index contributed by atoms with van der Waals surface area (Å²) in [5.74, 6) is -0.201. The van der Waals surface area contributed by atoms with E-state index < -0.39 is 0 Å². The Bertz CT molecular complexity index is 1070. The lowest BCUT2D eigenvalue weighted by Crippen LogP contribution is -2.45. The quantitative estimate of drug-likeness (QED) is 0.691.